The third-order valence-electron chi connectivity index (χ3n) is 1.59. The number of ether oxygens (including phenoxy) is 1. The zero-order valence-corrected chi connectivity index (χ0v) is 8.06. The van der Waals surface area contributed by atoms with Crippen LogP contribution < -0.4 is 4.74 Å². The van der Waals surface area contributed by atoms with Gasteiger partial charge in [-0.2, -0.15) is 0 Å². The van der Waals surface area contributed by atoms with E-state index in [0.29, 0.717) is 18.2 Å². The van der Waals surface area contributed by atoms with Crippen LogP contribution in [-0.2, 0) is 0 Å². The van der Waals surface area contributed by atoms with E-state index < -0.39 is 0 Å². The fraction of sp³-hybridized carbons (Fsp3) is 0.400. The Labute approximate surface area is 82.5 Å². The standard InChI is InChI=1S/C10H12ClFO/c11-6-1-2-7-13-10-5-3-4-9(12)8-10/h3-5,8H,1-2,6-7H2. The fourth-order valence-electron chi connectivity index (χ4n) is 0.943. The van der Waals surface area contributed by atoms with Crippen molar-refractivity contribution < 1.29 is 9.13 Å². The van der Waals surface area contributed by atoms with Crippen molar-refractivity contribution in [2.45, 2.75) is 12.8 Å². The highest BCUT2D eigenvalue weighted by Gasteiger charge is 1.94. The first-order valence-corrected chi connectivity index (χ1v) is 4.80. The topological polar surface area (TPSA) is 9.23 Å². The lowest BCUT2D eigenvalue weighted by molar-refractivity contribution is 0.308. The van der Waals surface area contributed by atoms with E-state index in [9.17, 15) is 4.39 Å². The highest BCUT2D eigenvalue weighted by atomic mass is 35.5. The van der Waals surface area contributed by atoms with E-state index >= 15 is 0 Å². The number of benzene rings is 1. The Hall–Kier alpha value is -0.760. The van der Waals surface area contributed by atoms with Gasteiger partial charge in [0.05, 0.1) is 6.61 Å². The molecule has 3 heteroatoms. The van der Waals surface area contributed by atoms with Crippen molar-refractivity contribution in [2.24, 2.45) is 0 Å². The molecule has 0 radical (unpaired) electrons. The first kappa shape index (κ1) is 10.3. The Morgan fingerprint density at radius 2 is 2.15 bits per heavy atom. The molecule has 0 N–H and O–H groups in total. The summed E-state index contributed by atoms with van der Waals surface area (Å²) in [4.78, 5) is 0. The van der Waals surface area contributed by atoms with Crippen molar-refractivity contribution in [3.05, 3.63) is 30.1 Å². The molecule has 0 bridgehead atoms. The lowest BCUT2D eigenvalue weighted by atomic mass is 10.3. The first-order chi connectivity index (χ1) is 6.33. The van der Waals surface area contributed by atoms with E-state index in [4.69, 9.17) is 16.3 Å². The summed E-state index contributed by atoms with van der Waals surface area (Å²) in [7, 11) is 0. The second-order valence-electron chi connectivity index (χ2n) is 2.70. The normalized spacial score (nSPS) is 10.0. The van der Waals surface area contributed by atoms with E-state index in [1.54, 1.807) is 12.1 Å². The van der Waals surface area contributed by atoms with Crippen LogP contribution in [0.4, 0.5) is 4.39 Å². The van der Waals surface area contributed by atoms with Gasteiger partial charge >= 0.3 is 0 Å². The maximum atomic E-state index is 12.6. The summed E-state index contributed by atoms with van der Waals surface area (Å²) in [5, 5.41) is 0. The lowest BCUT2D eigenvalue weighted by Gasteiger charge is -2.04. The molecule has 1 aromatic carbocycles. The number of unbranched alkanes of at least 4 members (excludes halogenated alkanes) is 1. The summed E-state index contributed by atoms with van der Waals surface area (Å²) in [6.07, 6.45) is 1.83. The molecule has 1 aromatic rings. The van der Waals surface area contributed by atoms with Gasteiger partial charge < -0.3 is 4.74 Å². The quantitative estimate of drug-likeness (QED) is 0.526. The van der Waals surface area contributed by atoms with E-state index in [2.05, 4.69) is 0 Å². The van der Waals surface area contributed by atoms with Gasteiger partial charge in [-0.15, -0.1) is 11.6 Å². The molecule has 0 saturated heterocycles. The predicted octanol–water partition coefficient (Wildman–Crippen LogP) is 3.22. The van der Waals surface area contributed by atoms with Crippen LogP contribution in [0.1, 0.15) is 12.8 Å². The molecule has 72 valence electrons. The van der Waals surface area contributed by atoms with Gasteiger partial charge in [0.1, 0.15) is 11.6 Å². The van der Waals surface area contributed by atoms with Crippen LogP contribution in [0.5, 0.6) is 5.75 Å². The van der Waals surface area contributed by atoms with Crippen molar-refractivity contribution >= 4 is 11.6 Å². The summed E-state index contributed by atoms with van der Waals surface area (Å²) in [5.41, 5.74) is 0. The van der Waals surface area contributed by atoms with Crippen LogP contribution in [0.3, 0.4) is 0 Å². The van der Waals surface area contributed by atoms with Crippen molar-refractivity contribution in [1.29, 1.82) is 0 Å². The molecule has 1 nitrogen and oxygen atoms in total. The molecule has 0 spiro atoms. The van der Waals surface area contributed by atoms with Gasteiger partial charge in [0.15, 0.2) is 0 Å². The summed E-state index contributed by atoms with van der Waals surface area (Å²) in [6, 6.07) is 6.14. The van der Waals surface area contributed by atoms with Gasteiger partial charge in [-0.05, 0) is 25.0 Å². The molecule has 0 fully saturated rings. The number of halogens is 2. The maximum absolute atomic E-state index is 12.6. The monoisotopic (exact) mass is 202 g/mol. The minimum Gasteiger partial charge on any atom is -0.493 e. The zero-order valence-electron chi connectivity index (χ0n) is 7.30. The summed E-state index contributed by atoms with van der Waals surface area (Å²) < 4.78 is 17.9. The Balaban J connectivity index is 2.28. The number of hydrogen-bond acceptors (Lipinski definition) is 1. The summed E-state index contributed by atoms with van der Waals surface area (Å²) in [6.45, 7) is 0.593. The Kier molecular flexibility index (Phi) is 4.61. The van der Waals surface area contributed by atoms with Crippen LogP contribution in [0, 0.1) is 5.82 Å². The SMILES string of the molecule is Fc1cccc(OCCCCCl)c1. The third kappa shape index (κ3) is 4.13. The van der Waals surface area contributed by atoms with Crippen LogP contribution in [0.2, 0.25) is 0 Å². The number of alkyl halides is 1. The smallest absolute Gasteiger partial charge is 0.126 e. The first-order valence-electron chi connectivity index (χ1n) is 4.27. The van der Waals surface area contributed by atoms with Gasteiger partial charge in [0, 0.05) is 11.9 Å². The molecule has 0 amide bonds. The number of rotatable bonds is 5. The van der Waals surface area contributed by atoms with Crippen molar-refractivity contribution in [3.63, 3.8) is 0 Å². The molecule has 13 heavy (non-hydrogen) atoms. The lowest BCUT2D eigenvalue weighted by Crippen LogP contribution is -1.97. The van der Waals surface area contributed by atoms with Gasteiger partial charge in [-0.1, -0.05) is 6.07 Å². The molecule has 0 aliphatic rings. The minimum absolute atomic E-state index is 0.269. The van der Waals surface area contributed by atoms with E-state index in [0.717, 1.165) is 12.8 Å². The molecule has 1 rings (SSSR count). The van der Waals surface area contributed by atoms with E-state index in [1.807, 2.05) is 0 Å². The molecule has 0 aliphatic carbocycles. The molecule has 0 aromatic heterocycles. The largest absolute Gasteiger partial charge is 0.493 e. The average molecular weight is 203 g/mol. The summed E-state index contributed by atoms with van der Waals surface area (Å²) >= 11 is 5.49. The Morgan fingerprint density at radius 1 is 1.31 bits per heavy atom. The van der Waals surface area contributed by atoms with Crippen molar-refractivity contribution in [2.75, 3.05) is 12.5 Å². The van der Waals surface area contributed by atoms with E-state index in [-0.39, 0.29) is 5.82 Å². The van der Waals surface area contributed by atoms with Gasteiger partial charge in [0.2, 0.25) is 0 Å². The highest BCUT2D eigenvalue weighted by Crippen LogP contribution is 2.12. The molecule has 0 aliphatic heterocycles. The highest BCUT2D eigenvalue weighted by molar-refractivity contribution is 6.17. The van der Waals surface area contributed by atoms with Crippen molar-refractivity contribution in [3.8, 4) is 5.75 Å². The predicted molar refractivity (Wildman–Crippen MR) is 51.8 cm³/mol. The molecular formula is C10H12ClFO. The van der Waals surface area contributed by atoms with Crippen LogP contribution in [0.15, 0.2) is 24.3 Å². The zero-order chi connectivity index (χ0) is 9.52. The Bertz CT molecular complexity index is 252. The molecular weight excluding hydrogens is 191 g/mol. The second kappa shape index (κ2) is 5.81. The van der Waals surface area contributed by atoms with Gasteiger partial charge in [-0.25, -0.2) is 4.39 Å². The molecule has 0 saturated carbocycles. The van der Waals surface area contributed by atoms with Crippen molar-refractivity contribution in [1.82, 2.24) is 0 Å². The maximum Gasteiger partial charge on any atom is 0.126 e. The van der Waals surface area contributed by atoms with Crippen LogP contribution >= 0.6 is 11.6 Å². The molecule has 0 heterocycles. The fourth-order valence-corrected chi connectivity index (χ4v) is 1.13. The van der Waals surface area contributed by atoms with Gasteiger partial charge in [-0.3, -0.25) is 0 Å². The average Bonchev–Trinajstić information content (AvgIpc) is 2.13. The Morgan fingerprint density at radius 3 is 2.85 bits per heavy atom. The molecule has 0 unspecified atom stereocenters. The molecule has 0 atom stereocenters. The number of hydrogen-bond donors (Lipinski definition) is 0. The van der Waals surface area contributed by atoms with E-state index in [1.165, 1.54) is 12.1 Å². The van der Waals surface area contributed by atoms with Crippen LogP contribution in [-0.4, -0.2) is 12.5 Å². The van der Waals surface area contributed by atoms with Crippen LogP contribution in [0.25, 0.3) is 0 Å². The third-order valence-corrected chi connectivity index (χ3v) is 1.86. The second-order valence-corrected chi connectivity index (χ2v) is 3.08. The minimum atomic E-state index is -0.269. The van der Waals surface area contributed by atoms with Gasteiger partial charge in [0.25, 0.3) is 0 Å². The summed E-state index contributed by atoms with van der Waals surface area (Å²) in [5.74, 6) is 0.955.